The van der Waals surface area contributed by atoms with E-state index < -0.39 is 72.3 Å². The lowest BCUT2D eigenvalue weighted by Gasteiger charge is -2.24. The molecular formula is C27H49N7O8. The summed E-state index contributed by atoms with van der Waals surface area (Å²) in [6, 6.07) is -5.08. The van der Waals surface area contributed by atoms with Crippen molar-refractivity contribution in [3.05, 3.63) is 0 Å². The first-order valence-corrected chi connectivity index (χ1v) is 14.2. The van der Waals surface area contributed by atoms with E-state index in [4.69, 9.17) is 5.73 Å². The molecule has 240 valence electrons. The van der Waals surface area contributed by atoms with Crippen molar-refractivity contribution in [3.8, 4) is 0 Å². The molecular weight excluding hydrogens is 550 g/mol. The SMILES string of the molecule is CC(C)C[C@H](NC(=O)CNC(=O)[C@H](CC(C)C)NC(=O)[C@H](C)NC=O)C(=O)N[C@@H](C)C(=O)N[C@@H](CCCCN)C(=O)O. The van der Waals surface area contributed by atoms with Crippen molar-refractivity contribution in [2.75, 3.05) is 13.1 Å². The van der Waals surface area contributed by atoms with Crippen molar-refractivity contribution in [1.82, 2.24) is 31.9 Å². The maximum atomic E-state index is 13.0. The molecule has 0 aromatic heterocycles. The fourth-order valence-corrected chi connectivity index (χ4v) is 3.84. The molecule has 0 aliphatic rings. The molecule has 0 fully saturated rings. The number of hydrogen-bond acceptors (Lipinski definition) is 8. The number of hydrogen-bond donors (Lipinski definition) is 8. The van der Waals surface area contributed by atoms with E-state index in [9.17, 15) is 38.7 Å². The van der Waals surface area contributed by atoms with Gasteiger partial charge in [0.2, 0.25) is 35.9 Å². The summed E-state index contributed by atoms with van der Waals surface area (Å²) in [5.74, 6) is -4.38. The highest BCUT2D eigenvalue weighted by Crippen LogP contribution is 2.07. The molecule has 0 spiro atoms. The van der Waals surface area contributed by atoms with E-state index in [0.29, 0.717) is 25.8 Å². The van der Waals surface area contributed by atoms with Gasteiger partial charge in [-0.15, -0.1) is 0 Å². The molecule has 5 atom stereocenters. The Bertz CT molecular complexity index is 928. The highest BCUT2D eigenvalue weighted by atomic mass is 16.4. The average molecular weight is 600 g/mol. The number of carboxylic acids is 1. The summed E-state index contributed by atoms with van der Waals surface area (Å²) in [5, 5.41) is 24.2. The molecule has 9 N–H and O–H groups in total. The van der Waals surface area contributed by atoms with E-state index in [1.807, 2.05) is 27.7 Å². The van der Waals surface area contributed by atoms with E-state index in [0.717, 1.165) is 0 Å². The Morgan fingerprint density at radius 1 is 0.690 bits per heavy atom. The van der Waals surface area contributed by atoms with Crippen molar-refractivity contribution in [2.24, 2.45) is 17.6 Å². The van der Waals surface area contributed by atoms with Gasteiger partial charge in [-0.2, -0.15) is 0 Å². The quantitative estimate of drug-likeness (QED) is 0.0565. The molecule has 15 heteroatoms. The maximum Gasteiger partial charge on any atom is 0.326 e. The number of carbonyl (C=O) groups excluding carboxylic acids is 6. The van der Waals surface area contributed by atoms with Gasteiger partial charge in [-0.1, -0.05) is 27.7 Å². The Morgan fingerprint density at radius 3 is 1.71 bits per heavy atom. The Hall–Kier alpha value is -3.75. The van der Waals surface area contributed by atoms with E-state index in [1.165, 1.54) is 13.8 Å². The summed E-state index contributed by atoms with van der Waals surface area (Å²) in [5.41, 5.74) is 5.43. The molecule has 0 saturated heterocycles. The second-order valence-electron chi connectivity index (χ2n) is 11.1. The van der Waals surface area contributed by atoms with E-state index >= 15 is 0 Å². The summed E-state index contributed by atoms with van der Waals surface area (Å²) in [4.78, 5) is 85.4. The predicted octanol–water partition coefficient (Wildman–Crippen LogP) is -1.50. The second-order valence-corrected chi connectivity index (χ2v) is 11.1. The monoisotopic (exact) mass is 599 g/mol. The van der Waals surface area contributed by atoms with Gasteiger partial charge in [0, 0.05) is 0 Å². The molecule has 0 aromatic carbocycles. The average Bonchev–Trinajstić information content (AvgIpc) is 2.89. The summed E-state index contributed by atoms with van der Waals surface area (Å²) in [6.45, 7) is 10.2. The van der Waals surface area contributed by atoms with Gasteiger partial charge in [-0.3, -0.25) is 28.8 Å². The Kier molecular flexibility index (Phi) is 18.4. The van der Waals surface area contributed by atoms with Crippen LogP contribution in [0.2, 0.25) is 0 Å². The van der Waals surface area contributed by atoms with Gasteiger partial charge in [0.25, 0.3) is 0 Å². The predicted molar refractivity (Wildman–Crippen MR) is 155 cm³/mol. The van der Waals surface area contributed by atoms with Gasteiger partial charge in [0.15, 0.2) is 0 Å². The minimum atomic E-state index is -1.20. The topological polar surface area (TPSA) is 238 Å². The van der Waals surface area contributed by atoms with Crippen LogP contribution in [-0.2, 0) is 33.6 Å². The first kappa shape index (κ1) is 38.2. The molecule has 0 saturated carbocycles. The Morgan fingerprint density at radius 2 is 1.21 bits per heavy atom. The Labute approximate surface area is 247 Å². The lowest BCUT2D eigenvalue weighted by atomic mass is 10.0. The van der Waals surface area contributed by atoms with Crippen LogP contribution >= 0.6 is 0 Å². The first-order chi connectivity index (χ1) is 19.6. The molecule has 0 heterocycles. The van der Waals surface area contributed by atoms with Crippen molar-refractivity contribution < 1.29 is 38.7 Å². The van der Waals surface area contributed by atoms with Crippen molar-refractivity contribution in [2.45, 2.75) is 104 Å². The van der Waals surface area contributed by atoms with E-state index in [1.54, 1.807) is 0 Å². The fourth-order valence-electron chi connectivity index (χ4n) is 3.84. The van der Waals surface area contributed by atoms with E-state index in [-0.39, 0.29) is 31.1 Å². The highest BCUT2D eigenvalue weighted by Gasteiger charge is 2.29. The summed E-state index contributed by atoms with van der Waals surface area (Å²) >= 11 is 0. The zero-order valence-electron chi connectivity index (χ0n) is 25.5. The largest absolute Gasteiger partial charge is 0.480 e. The van der Waals surface area contributed by atoms with Crippen LogP contribution in [0, 0.1) is 11.8 Å². The second kappa shape index (κ2) is 20.2. The molecule has 0 bridgehead atoms. The summed E-state index contributed by atoms with van der Waals surface area (Å²) in [6.07, 6.45) is 2.18. The number of nitrogens with one attached hydrogen (secondary N) is 6. The number of aliphatic carboxylic acids is 1. The zero-order valence-corrected chi connectivity index (χ0v) is 25.5. The third-order valence-electron chi connectivity index (χ3n) is 6.15. The van der Waals surface area contributed by atoms with Crippen LogP contribution in [0.5, 0.6) is 0 Å². The first-order valence-electron chi connectivity index (χ1n) is 14.2. The van der Waals surface area contributed by atoms with Crippen LogP contribution in [-0.4, -0.2) is 90.3 Å². The number of rotatable bonds is 21. The molecule has 0 aromatic rings. The molecule has 42 heavy (non-hydrogen) atoms. The molecule has 0 aliphatic heterocycles. The van der Waals surface area contributed by atoms with E-state index in [2.05, 4.69) is 31.9 Å². The molecule has 0 unspecified atom stereocenters. The number of unbranched alkanes of at least 4 members (excludes halogenated alkanes) is 1. The smallest absolute Gasteiger partial charge is 0.326 e. The van der Waals surface area contributed by atoms with Crippen LogP contribution in [0.25, 0.3) is 0 Å². The minimum absolute atomic E-state index is 0.0219. The van der Waals surface area contributed by atoms with Gasteiger partial charge in [0.05, 0.1) is 6.54 Å². The number of nitrogens with two attached hydrogens (primary N) is 1. The normalized spacial score (nSPS) is 14.5. The van der Waals surface area contributed by atoms with Crippen LogP contribution < -0.4 is 37.6 Å². The fraction of sp³-hybridized carbons (Fsp3) is 0.741. The van der Waals surface area contributed by atoms with Crippen LogP contribution in [0.4, 0.5) is 0 Å². The minimum Gasteiger partial charge on any atom is -0.480 e. The number of amides is 6. The maximum absolute atomic E-state index is 13.0. The van der Waals surface area contributed by atoms with Crippen molar-refractivity contribution in [1.29, 1.82) is 0 Å². The number of carbonyl (C=O) groups is 7. The van der Waals surface area contributed by atoms with Gasteiger partial charge < -0.3 is 42.7 Å². The lowest BCUT2D eigenvalue weighted by molar-refractivity contribution is -0.142. The van der Waals surface area contributed by atoms with Gasteiger partial charge in [-0.05, 0) is 64.3 Å². The van der Waals surface area contributed by atoms with Crippen molar-refractivity contribution in [3.63, 3.8) is 0 Å². The molecule has 6 amide bonds. The van der Waals surface area contributed by atoms with Crippen LogP contribution in [0.3, 0.4) is 0 Å². The van der Waals surface area contributed by atoms with Crippen LogP contribution in [0.15, 0.2) is 0 Å². The third-order valence-corrected chi connectivity index (χ3v) is 6.15. The van der Waals surface area contributed by atoms with Crippen LogP contribution in [0.1, 0.15) is 73.6 Å². The molecule has 0 radical (unpaired) electrons. The van der Waals surface area contributed by atoms with Crippen molar-refractivity contribution >= 4 is 41.9 Å². The number of carboxylic acid groups (broad SMARTS) is 1. The molecule has 0 aliphatic carbocycles. The highest BCUT2D eigenvalue weighted by molar-refractivity contribution is 5.95. The third kappa shape index (κ3) is 15.9. The standard InChI is InChI=1S/C27H49N7O8/c1-15(2)11-20(34-23(37)17(5)30-14-35)25(39)29-13-22(36)32-21(12-16(3)4)26(40)31-18(6)24(38)33-19(27(41)42)9-7-8-10-28/h14-21H,7-13,28H2,1-6H3,(H,29,39)(H,30,35)(H,31,40)(H,32,36)(H,33,38)(H,34,37)(H,41,42)/t17-,18-,19-,20-,21-/m0/s1. The lowest BCUT2D eigenvalue weighted by Crippen LogP contribution is -2.56. The zero-order chi connectivity index (χ0) is 32.4. The summed E-state index contributed by atoms with van der Waals surface area (Å²) < 4.78 is 0. The summed E-state index contributed by atoms with van der Waals surface area (Å²) in [7, 11) is 0. The van der Waals surface area contributed by atoms with Gasteiger partial charge >= 0.3 is 5.97 Å². The molecule has 0 rings (SSSR count). The molecule has 15 nitrogen and oxygen atoms in total. The Balaban J connectivity index is 5.22. The van der Waals surface area contributed by atoms with Gasteiger partial charge in [0.1, 0.15) is 30.2 Å². The van der Waals surface area contributed by atoms with Gasteiger partial charge in [-0.25, -0.2) is 4.79 Å².